The second-order valence-corrected chi connectivity index (χ2v) is 6.87. The lowest BCUT2D eigenvalue weighted by atomic mass is 10.1. The third-order valence-corrected chi connectivity index (χ3v) is 5.38. The number of benzene rings is 3. The van der Waals surface area contributed by atoms with Crippen molar-refractivity contribution in [2.24, 2.45) is 0 Å². The fraction of sp³-hybridized carbons (Fsp3) is 0.200. The fourth-order valence-electron chi connectivity index (χ4n) is 3.29. The Balaban J connectivity index is 1.88. The van der Waals surface area contributed by atoms with E-state index in [-0.39, 0.29) is 0 Å². The molecule has 1 aliphatic heterocycles. The monoisotopic (exact) mass is 320 g/mol. The van der Waals surface area contributed by atoms with E-state index in [0.29, 0.717) is 5.37 Å². The van der Waals surface area contributed by atoms with E-state index >= 15 is 0 Å². The van der Waals surface area contributed by atoms with Crippen LogP contribution in [0.15, 0.2) is 66.7 Å². The predicted molar refractivity (Wildman–Crippen MR) is 102 cm³/mol. The van der Waals surface area contributed by atoms with Crippen molar-refractivity contribution in [2.75, 3.05) is 17.7 Å². The van der Waals surface area contributed by atoms with E-state index in [2.05, 4.69) is 83.2 Å². The van der Waals surface area contributed by atoms with Gasteiger partial charge in [0.05, 0.1) is 5.37 Å². The second kappa shape index (κ2) is 6.26. The minimum atomic E-state index is 0.389. The first-order chi connectivity index (χ1) is 11.4. The molecule has 3 aromatic rings. The zero-order chi connectivity index (χ0) is 15.6. The van der Waals surface area contributed by atoms with Gasteiger partial charge in [0.15, 0.2) is 0 Å². The fourth-order valence-corrected chi connectivity index (χ4v) is 4.02. The molecular formula is C20H20N2S. The summed E-state index contributed by atoms with van der Waals surface area (Å²) in [5.74, 6) is 0. The van der Waals surface area contributed by atoms with Crippen molar-refractivity contribution in [3.05, 3.63) is 72.3 Å². The number of hydrogen-bond acceptors (Lipinski definition) is 3. The molecule has 1 unspecified atom stereocenters. The minimum absolute atomic E-state index is 0.389. The summed E-state index contributed by atoms with van der Waals surface area (Å²) in [4.78, 5) is 2.48. The summed E-state index contributed by atoms with van der Waals surface area (Å²) in [7, 11) is 0. The van der Waals surface area contributed by atoms with Gasteiger partial charge in [-0.2, -0.15) is 0 Å². The van der Waals surface area contributed by atoms with Crippen molar-refractivity contribution >= 4 is 33.9 Å². The van der Waals surface area contributed by atoms with Crippen molar-refractivity contribution in [2.45, 2.75) is 11.9 Å². The van der Waals surface area contributed by atoms with Gasteiger partial charge in [-0.1, -0.05) is 48.5 Å². The van der Waals surface area contributed by atoms with Gasteiger partial charge in [-0.25, -0.2) is 0 Å². The Bertz CT molecular complexity index is 830. The average Bonchev–Trinajstić information content (AvgIpc) is 2.80. The van der Waals surface area contributed by atoms with Crippen molar-refractivity contribution < 1.29 is 0 Å². The molecule has 0 spiro atoms. The van der Waals surface area contributed by atoms with E-state index in [4.69, 9.17) is 0 Å². The molecule has 1 heterocycles. The lowest BCUT2D eigenvalue weighted by Crippen LogP contribution is -2.34. The molecule has 2 nitrogen and oxygen atoms in total. The van der Waals surface area contributed by atoms with Crippen LogP contribution in [0.4, 0.5) is 11.4 Å². The molecule has 0 aromatic heterocycles. The first-order valence-electron chi connectivity index (χ1n) is 7.96. The van der Waals surface area contributed by atoms with E-state index in [0.717, 1.165) is 13.1 Å². The van der Waals surface area contributed by atoms with Gasteiger partial charge >= 0.3 is 0 Å². The smallest absolute Gasteiger partial charge is 0.0920 e. The molecule has 4 rings (SSSR count). The lowest BCUT2D eigenvalue weighted by molar-refractivity contribution is 0.691. The summed E-state index contributed by atoms with van der Waals surface area (Å²) in [5, 5.41) is 6.55. The van der Waals surface area contributed by atoms with Gasteiger partial charge in [-0.05, 0) is 40.8 Å². The highest BCUT2D eigenvalue weighted by atomic mass is 32.2. The second-order valence-electron chi connectivity index (χ2n) is 5.85. The summed E-state index contributed by atoms with van der Waals surface area (Å²) in [6.07, 6.45) is 2.19. The molecule has 1 N–H and O–H groups in total. The standard InChI is InChI=1S/C20H20N2S/c1-23-20-14-21-13-17-8-4-5-9-19(17)22(20)18-11-10-15-6-2-3-7-16(15)12-18/h2-12,20-21H,13-14H2,1H3. The summed E-state index contributed by atoms with van der Waals surface area (Å²) >= 11 is 1.89. The van der Waals surface area contributed by atoms with Gasteiger partial charge < -0.3 is 10.2 Å². The van der Waals surface area contributed by atoms with Crippen molar-refractivity contribution in [1.82, 2.24) is 5.32 Å². The molecule has 116 valence electrons. The number of hydrogen-bond donors (Lipinski definition) is 1. The maximum atomic E-state index is 3.58. The third-order valence-electron chi connectivity index (χ3n) is 4.46. The van der Waals surface area contributed by atoms with Crippen LogP contribution < -0.4 is 10.2 Å². The third kappa shape index (κ3) is 2.71. The molecule has 0 fully saturated rings. The molecular weight excluding hydrogens is 300 g/mol. The van der Waals surface area contributed by atoms with Crippen LogP contribution in [0.3, 0.4) is 0 Å². The van der Waals surface area contributed by atoms with Gasteiger partial charge in [-0.15, -0.1) is 11.8 Å². The first kappa shape index (κ1) is 14.6. The molecule has 3 heteroatoms. The van der Waals surface area contributed by atoms with Crippen LogP contribution in [-0.2, 0) is 6.54 Å². The highest BCUT2D eigenvalue weighted by molar-refractivity contribution is 7.99. The lowest BCUT2D eigenvalue weighted by Gasteiger charge is -2.32. The number of rotatable bonds is 2. The Morgan fingerprint density at radius 2 is 1.74 bits per heavy atom. The Morgan fingerprint density at radius 1 is 0.957 bits per heavy atom. The van der Waals surface area contributed by atoms with Crippen LogP contribution in [0.1, 0.15) is 5.56 Å². The van der Waals surface area contributed by atoms with Gasteiger partial charge in [0, 0.05) is 24.5 Å². The van der Waals surface area contributed by atoms with Crippen LogP contribution in [0, 0.1) is 0 Å². The maximum absolute atomic E-state index is 3.58. The quantitative estimate of drug-likeness (QED) is 0.732. The Hall–Kier alpha value is -1.97. The summed E-state index contributed by atoms with van der Waals surface area (Å²) in [6.45, 7) is 1.90. The molecule has 23 heavy (non-hydrogen) atoms. The highest BCUT2D eigenvalue weighted by Gasteiger charge is 2.24. The van der Waals surface area contributed by atoms with Crippen molar-refractivity contribution in [3.8, 4) is 0 Å². The normalized spacial score (nSPS) is 17.8. The molecule has 0 radical (unpaired) electrons. The first-order valence-corrected chi connectivity index (χ1v) is 9.25. The molecule has 0 aliphatic carbocycles. The Morgan fingerprint density at radius 3 is 2.61 bits per heavy atom. The number of anilines is 2. The Labute approximate surface area is 141 Å². The van der Waals surface area contributed by atoms with E-state index in [1.165, 1.54) is 27.7 Å². The molecule has 1 atom stereocenters. The molecule has 3 aromatic carbocycles. The van der Waals surface area contributed by atoms with Crippen LogP contribution in [0.25, 0.3) is 10.8 Å². The average molecular weight is 320 g/mol. The van der Waals surface area contributed by atoms with E-state index in [9.17, 15) is 0 Å². The summed E-state index contributed by atoms with van der Waals surface area (Å²) in [5.41, 5.74) is 3.93. The zero-order valence-corrected chi connectivity index (χ0v) is 14.0. The van der Waals surface area contributed by atoms with Crippen LogP contribution >= 0.6 is 11.8 Å². The van der Waals surface area contributed by atoms with E-state index < -0.39 is 0 Å². The molecule has 0 saturated heterocycles. The SMILES string of the molecule is CSC1CNCc2ccccc2N1c1ccc2ccccc2c1. The van der Waals surface area contributed by atoms with Gasteiger partial charge in [0.25, 0.3) is 0 Å². The number of nitrogens with one attached hydrogen (secondary N) is 1. The van der Waals surface area contributed by atoms with Crippen LogP contribution in [-0.4, -0.2) is 18.2 Å². The van der Waals surface area contributed by atoms with Crippen LogP contribution in [0.5, 0.6) is 0 Å². The van der Waals surface area contributed by atoms with Crippen molar-refractivity contribution in [3.63, 3.8) is 0 Å². The number of fused-ring (bicyclic) bond motifs is 2. The topological polar surface area (TPSA) is 15.3 Å². The zero-order valence-electron chi connectivity index (χ0n) is 13.2. The van der Waals surface area contributed by atoms with E-state index in [1.807, 2.05) is 11.8 Å². The molecule has 0 saturated carbocycles. The molecule has 0 bridgehead atoms. The predicted octanol–water partition coefficient (Wildman–Crippen LogP) is 4.77. The summed E-state index contributed by atoms with van der Waals surface area (Å²) < 4.78 is 0. The number of thioether (sulfide) groups is 1. The largest absolute Gasteiger partial charge is 0.327 e. The number of nitrogens with zero attached hydrogens (tertiary/aromatic N) is 1. The maximum Gasteiger partial charge on any atom is 0.0920 e. The van der Waals surface area contributed by atoms with Crippen molar-refractivity contribution in [1.29, 1.82) is 0 Å². The van der Waals surface area contributed by atoms with E-state index in [1.54, 1.807) is 0 Å². The summed E-state index contributed by atoms with van der Waals surface area (Å²) in [6, 6.07) is 24.1. The Kier molecular flexibility index (Phi) is 3.98. The highest BCUT2D eigenvalue weighted by Crippen LogP contribution is 2.36. The van der Waals surface area contributed by atoms with Gasteiger partial charge in [0.2, 0.25) is 0 Å². The molecule has 1 aliphatic rings. The minimum Gasteiger partial charge on any atom is -0.327 e. The number of para-hydroxylation sites is 1. The molecule has 0 amide bonds. The van der Waals surface area contributed by atoms with Gasteiger partial charge in [0.1, 0.15) is 0 Å². The van der Waals surface area contributed by atoms with Gasteiger partial charge in [-0.3, -0.25) is 0 Å². The van der Waals surface area contributed by atoms with Crippen LogP contribution in [0.2, 0.25) is 0 Å².